The average molecular weight is 415 g/mol. The summed E-state index contributed by atoms with van der Waals surface area (Å²) >= 11 is 0. The maximum Gasteiger partial charge on any atom is 0.237 e. The Morgan fingerprint density at radius 3 is 2.32 bits per heavy atom. The second-order valence-corrected chi connectivity index (χ2v) is 6.17. The van der Waals surface area contributed by atoms with E-state index >= 15 is 0 Å². The van der Waals surface area contributed by atoms with Crippen molar-refractivity contribution < 1.29 is 10.2 Å². The first-order valence-electron chi connectivity index (χ1n) is 8.78. The van der Waals surface area contributed by atoms with Crippen LogP contribution in [0.5, 0.6) is 5.75 Å². The van der Waals surface area contributed by atoms with Crippen LogP contribution in [0.1, 0.15) is 23.2 Å². The summed E-state index contributed by atoms with van der Waals surface area (Å²) in [4.78, 5) is 11.6. The van der Waals surface area contributed by atoms with Crippen LogP contribution in [0.3, 0.4) is 0 Å². The summed E-state index contributed by atoms with van der Waals surface area (Å²) in [6.07, 6.45) is 1.79. The largest absolute Gasteiger partial charge is 0.505 e. The van der Waals surface area contributed by atoms with Crippen molar-refractivity contribution in [3.8, 4) is 23.8 Å². The van der Waals surface area contributed by atoms with Gasteiger partial charge in [-0.05, 0) is 17.5 Å². The molecule has 0 aliphatic rings. The van der Waals surface area contributed by atoms with Crippen molar-refractivity contribution in [1.29, 1.82) is 10.5 Å². The summed E-state index contributed by atoms with van der Waals surface area (Å²) in [5.74, 6) is 0.0774. The first-order chi connectivity index (χ1) is 14.9. The lowest BCUT2D eigenvalue weighted by Gasteiger charge is -2.12. The van der Waals surface area contributed by atoms with Gasteiger partial charge in [0.1, 0.15) is 24.1 Å². The lowest BCUT2D eigenvalue weighted by Crippen LogP contribution is -2.09. The molecular formula is C20H17N9O2. The number of hydrogen-bond donors (Lipinski definition) is 5. The molecule has 154 valence electrons. The predicted octanol–water partition coefficient (Wildman–Crippen LogP) is 1.07. The molecule has 1 unspecified atom stereocenters. The molecule has 2 heterocycles. The van der Waals surface area contributed by atoms with E-state index in [9.17, 15) is 10.2 Å². The van der Waals surface area contributed by atoms with Gasteiger partial charge >= 0.3 is 0 Å². The number of hydrogen-bond acceptors (Lipinski definition) is 10. The van der Waals surface area contributed by atoms with Crippen LogP contribution in [0, 0.1) is 22.7 Å². The number of nitrogens with two attached hydrogens (primary N) is 3. The highest BCUT2D eigenvalue weighted by Gasteiger charge is 2.17. The topological polar surface area (TPSA) is 210 Å². The average Bonchev–Trinajstić information content (AvgIpc) is 3.12. The number of aliphatic hydroxyl groups excluding tert-OH is 1. The van der Waals surface area contributed by atoms with Gasteiger partial charge < -0.3 is 27.4 Å². The van der Waals surface area contributed by atoms with Crippen LogP contribution in [0.2, 0.25) is 0 Å². The number of phenols is 1. The van der Waals surface area contributed by atoms with E-state index in [0.717, 1.165) is 10.8 Å². The number of phenolic OH excluding ortho intramolecular Hbond substituents is 1. The highest BCUT2D eigenvalue weighted by molar-refractivity contribution is 5.96. The molecule has 0 aliphatic heterocycles. The molecule has 11 nitrogen and oxygen atoms in total. The van der Waals surface area contributed by atoms with Crippen LogP contribution in [0.15, 0.2) is 48.8 Å². The van der Waals surface area contributed by atoms with E-state index in [0.29, 0.717) is 0 Å². The minimum atomic E-state index is -1.23. The Balaban J connectivity index is 0.000000176. The van der Waals surface area contributed by atoms with E-state index in [1.165, 1.54) is 17.0 Å². The van der Waals surface area contributed by atoms with Crippen LogP contribution < -0.4 is 17.2 Å². The van der Waals surface area contributed by atoms with E-state index in [-0.39, 0.29) is 40.3 Å². The Kier molecular flexibility index (Phi) is 5.93. The number of fused-ring (bicyclic) bond motifs is 1. The van der Waals surface area contributed by atoms with Crippen LogP contribution >= 0.6 is 0 Å². The Bertz CT molecular complexity index is 1320. The fourth-order valence-electron chi connectivity index (χ4n) is 2.84. The summed E-state index contributed by atoms with van der Waals surface area (Å²) < 4.78 is 1.23. The van der Waals surface area contributed by atoms with Crippen molar-refractivity contribution >= 4 is 22.4 Å². The third-order valence-electron chi connectivity index (χ3n) is 4.28. The number of anilines is 2. The minimum Gasteiger partial charge on any atom is -0.505 e. The highest BCUT2D eigenvalue weighted by atomic mass is 16.3. The molecule has 0 radical (unpaired) electrons. The minimum absolute atomic E-state index is 0.0132. The Labute approximate surface area is 176 Å². The quantitative estimate of drug-likeness (QED) is 0.178. The number of aliphatic hydroxyl groups is 1. The van der Waals surface area contributed by atoms with Gasteiger partial charge in [0.2, 0.25) is 11.9 Å². The first-order valence-corrected chi connectivity index (χ1v) is 8.78. The molecule has 4 rings (SSSR count). The van der Waals surface area contributed by atoms with Crippen LogP contribution in [0.4, 0.5) is 11.6 Å². The first kappa shape index (κ1) is 21.0. The molecule has 0 aliphatic carbocycles. The number of aromatic hydroxyl groups is 1. The summed E-state index contributed by atoms with van der Waals surface area (Å²) in [5.41, 5.74) is 17.1. The second-order valence-electron chi connectivity index (χ2n) is 6.17. The van der Waals surface area contributed by atoms with Gasteiger partial charge in [-0.2, -0.15) is 10.5 Å². The van der Waals surface area contributed by atoms with Gasteiger partial charge in [-0.1, -0.05) is 24.3 Å². The van der Waals surface area contributed by atoms with Gasteiger partial charge in [-0.15, -0.1) is 0 Å². The fraction of sp³-hybridized carbons (Fsp3) is 0.0500. The molecule has 2 aromatic heterocycles. The van der Waals surface area contributed by atoms with E-state index in [1.807, 2.05) is 24.3 Å². The van der Waals surface area contributed by atoms with Crippen LogP contribution in [-0.4, -0.2) is 29.7 Å². The maximum absolute atomic E-state index is 9.70. The molecule has 0 saturated carbocycles. The molecule has 0 bridgehead atoms. The molecule has 4 aromatic rings. The van der Waals surface area contributed by atoms with E-state index in [4.69, 9.17) is 27.7 Å². The molecule has 11 heteroatoms. The number of aromatic nitrogens is 4. The number of nitriles is 2. The smallest absolute Gasteiger partial charge is 0.237 e. The lowest BCUT2D eigenvalue weighted by atomic mass is 10.0. The van der Waals surface area contributed by atoms with Gasteiger partial charge in [-0.25, -0.2) is 19.5 Å². The molecular weight excluding hydrogens is 398 g/mol. The molecule has 0 spiro atoms. The van der Waals surface area contributed by atoms with E-state index < -0.39 is 6.23 Å². The number of rotatable bonds is 2. The molecule has 0 fully saturated rings. The zero-order valence-corrected chi connectivity index (χ0v) is 16.0. The number of benzene rings is 2. The normalized spacial score (nSPS) is 11.1. The molecule has 1 atom stereocenters. The standard InChI is InChI=1S/C11H12N2O2.C9H5N7/c12-9-7-4-2-1-3-6(7)5-8(10(9)14)11(13)15;10-4-6-7(5-11)16(8(12)15-6)9-13-2-1-3-14-9/h1-5,11,14-15H,12-13H2;1-3H,(H2,12,15). The molecule has 0 saturated heterocycles. The second kappa shape index (κ2) is 8.75. The highest BCUT2D eigenvalue weighted by Crippen LogP contribution is 2.35. The fourth-order valence-corrected chi connectivity index (χ4v) is 2.84. The van der Waals surface area contributed by atoms with Gasteiger partial charge in [0, 0.05) is 23.3 Å². The zero-order chi connectivity index (χ0) is 22.5. The Hall–Kier alpha value is -4.71. The van der Waals surface area contributed by atoms with E-state index in [2.05, 4.69) is 15.0 Å². The van der Waals surface area contributed by atoms with Crippen molar-refractivity contribution in [1.82, 2.24) is 19.5 Å². The maximum atomic E-state index is 9.70. The van der Waals surface area contributed by atoms with Crippen molar-refractivity contribution in [3.05, 3.63) is 65.7 Å². The molecule has 8 N–H and O–H groups in total. The summed E-state index contributed by atoms with van der Waals surface area (Å²) in [6, 6.07) is 14.2. The number of nitrogen functional groups attached to an aromatic ring is 2. The molecule has 2 aromatic carbocycles. The zero-order valence-electron chi connectivity index (χ0n) is 16.0. The van der Waals surface area contributed by atoms with E-state index in [1.54, 1.807) is 24.3 Å². The van der Waals surface area contributed by atoms with Gasteiger partial charge in [0.15, 0.2) is 11.4 Å². The third kappa shape index (κ3) is 4.04. The third-order valence-corrected chi connectivity index (χ3v) is 4.28. The van der Waals surface area contributed by atoms with Crippen LogP contribution in [0.25, 0.3) is 16.7 Å². The monoisotopic (exact) mass is 415 g/mol. The number of imidazole rings is 1. The molecule has 31 heavy (non-hydrogen) atoms. The van der Waals surface area contributed by atoms with Crippen molar-refractivity contribution in [3.63, 3.8) is 0 Å². The van der Waals surface area contributed by atoms with Crippen molar-refractivity contribution in [2.75, 3.05) is 11.5 Å². The number of nitrogens with zero attached hydrogens (tertiary/aromatic N) is 6. The van der Waals surface area contributed by atoms with Crippen molar-refractivity contribution in [2.45, 2.75) is 6.23 Å². The SMILES string of the molecule is N#Cc1nc(N)n(-c2ncccn2)c1C#N.Nc1c(O)c(C(N)O)cc2ccccc12. The Morgan fingerprint density at radius 2 is 1.71 bits per heavy atom. The van der Waals surface area contributed by atoms with Gasteiger partial charge in [0.05, 0.1) is 5.69 Å². The summed E-state index contributed by atoms with van der Waals surface area (Å²) in [6.45, 7) is 0. The predicted molar refractivity (Wildman–Crippen MR) is 112 cm³/mol. The van der Waals surface area contributed by atoms with Crippen LogP contribution in [-0.2, 0) is 0 Å². The van der Waals surface area contributed by atoms with Gasteiger partial charge in [-0.3, -0.25) is 0 Å². The van der Waals surface area contributed by atoms with Crippen molar-refractivity contribution in [2.24, 2.45) is 5.73 Å². The summed E-state index contributed by atoms with van der Waals surface area (Å²) in [5, 5.41) is 38.2. The Morgan fingerprint density at radius 1 is 1.03 bits per heavy atom. The van der Waals surface area contributed by atoms with Gasteiger partial charge in [0.25, 0.3) is 0 Å². The lowest BCUT2D eigenvalue weighted by molar-refractivity contribution is 0.182. The summed E-state index contributed by atoms with van der Waals surface area (Å²) in [7, 11) is 0. The molecule has 0 amide bonds.